The molecule has 0 aliphatic rings. The average Bonchev–Trinajstić information content (AvgIpc) is 3.44. The van der Waals surface area contributed by atoms with Crippen LogP contribution in [-0.2, 0) is 24.2 Å². The zero-order valence-corrected chi connectivity index (χ0v) is 21.9. The molecule has 0 fully saturated rings. The number of aromatic nitrogens is 6. The maximum absolute atomic E-state index is 13.6. The lowest BCUT2D eigenvalue weighted by atomic mass is 9.98. The van der Waals surface area contributed by atoms with Crippen molar-refractivity contribution < 1.29 is 4.79 Å². The van der Waals surface area contributed by atoms with E-state index >= 15 is 0 Å². The molecule has 0 saturated heterocycles. The molecule has 37 heavy (non-hydrogen) atoms. The summed E-state index contributed by atoms with van der Waals surface area (Å²) in [5, 5.41) is 14.4. The first kappa shape index (κ1) is 25.9. The van der Waals surface area contributed by atoms with E-state index in [4.69, 9.17) is 4.98 Å². The molecule has 192 valence electrons. The molecule has 4 aromatic rings. The largest absolute Gasteiger partial charge is 0.349 e. The van der Waals surface area contributed by atoms with Gasteiger partial charge >= 0.3 is 0 Å². The van der Waals surface area contributed by atoms with Crippen LogP contribution in [-0.4, -0.2) is 55.1 Å². The summed E-state index contributed by atoms with van der Waals surface area (Å²) >= 11 is 0. The monoisotopic (exact) mass is 499 g/mol. The van der Waals surface area contributed by atoms with E-state index in [0.29, 0.717) is 30.0 Å². The first-order valence-electron chi connectivity index (χ1n) is 12.6. The van der Waals surface area contributed by atoms with Crippen LogP contribution < -0.4 is 5.56 Å². The number of aryl methyl sites for hydroxylation is 2. The highest BCUT2D eigenvalue weighted by atomic mass is 16.2. The number of unbranched alkanes of at least 4 members (excludes halogenated alkanes) is 1. The number of carbonyl (C=O) groups excluding carboxylic acids is 1. The number of benzene rings is 2. The molecule has 2 aromatic carbocycles. The normalized spacial score (nSPS) is 11.0. The number of tetrazole rings is 1. The minimum absolute atomic E-state index is 0.00269. The number of H-pyrrole nitrogens is 1. The number of nitrogens with zero attached hydrogens (tertiary/aromatic N) is 6. The van der Waals surface area contributed by atoms with Crippen molar-refractivity contribution in [3.63, 3.8) is 0 Å². The molecule has 2 aromatic heterocycles. The van der Waals surface area contributed by atoms with Crippen LogP contribution in [0.2, 0.25) is 0 Å². The second kappa shape index (κ2) is 11.7. The Balaban J connectivity index is 1.64. The molecule has 0 atom stereocenters. The maximum Gasteiger partial charge on any atom is 0.257 e. The predicted octanol–water partition coefficient (Wildman–Crippen LogP) is 3.81. The number of nitrogens with one attached hydrogen (secondary N) is 1. The van der Waals surface area contributed by atoms with Gasteiger partial charge in [-0.1, -0.05) is 61.9 Å². The number of hydrogen-bond acceptors (Lipinski definition) is 6. The van der Waals surface area contributed by atoms with E-state index in [9.17, 15) is 9.59 Å². The smallest absolute Gasteiger partial charge is 0.257 e. The topological polar surface area (TPSA) is 110 Å². The van der Waals surface area contributed by atoms with Gasteiger partial charge in [0.1, 0.15) is 5.82 Å². The molecule has 2 heterocycles. The van der Waals surface area contributed by atoms with Gasteiger partial charge in [-0.2, -0.15) is 5.21 Å². The first-order valence-corrected chi connectivity index (χ1v) is 12.6. The highest BCUT2D eigenvalue weighted by molar-refractivity contribution is 5.80. The molecular weight excluding hydrogens is 466 g/mol. The van der Waals surface area contributed by atoms with Crippen molar-refractivity contribution in [2.45, 2.75) is 52.5 Å². The van der Waals surface area contributed by atoms with Crippen LogP contribution >= 0.6 is 0 Å². The van der Waals surface area contributed by atoms with Crippen LogP contribution in [0.5, 0.6) is 0 Å². The summed E-state index contributed by atoms with van der Waals surface area (Å²) in [6.07, 6.45) is 3.38. The third kappa shape index (κ3) is 5.99. The highest BCUT2D eigenvalue weighted by Gasteiger charge is 2.17. The number of carbonyl (C=O) groups is 1. The second-order valence-corrected chi connectivity index (χ2v) is 9.35. The summed E-state index contributed by atoms with van der Waals surface area (Å²) in [5.41, 5.74) is 5.18. The molecule has 0 radical (unpaired) electrons. The molecule has 0 spiro atoms. The third-order valence-corrected chi connectivity index (χ3v) is 6.51. The molecule has 0 unspecified atom stereocenters. The lowest BCUT2D eigenvalue weighted by molar-refractivity contribution is -0.128. The molecule has 0 aliphatic carbocycles. The van der Waals surface area contributed by atoms with Gasteiger partial charge in [0.25, 0.3) is 5.56 Å². The summed E-state index contributed by atoms with van der Waals surface area (Å²) in [6.45, 7) is 4.42. The molecule has 9 nitrogen and oxygen atoms in total. The van der Waals surface area contributed by atoms with Crippen LogP contribution in [0, 0.1) is 6.92 Å². The van der Waals surface area contributed by atoms with E-state index in [1.165, 1.54) is 0 Å². The van der Waals surface area contributed by atoms with Crippen LogP contribution in [0.1, 0.15) is 48.8 Å². The van der Waals surface area contributed by atoms with Crippen molar-refractivity contribution in [3.05, 3.63) is 81.5 Å². The van der Waals surface area contributed by atoms with E-state index in [1.54, 1.807) is 23.6 Å². The summed E-state index contributed by atoms with van der Waals surface area (Å²) in [5.74, 6) is 1.33. The SMILES string of the molecule is CCCCc1nc(C)c(CCC(=O)N(C)C)c(=O)n1Cc1ccc(-c2ccccc2-c2nn[nH]n2)cc1. The predicted molar refractivity (Wildman–Crippen MR) is 143 cm³/mol. The van der Waals surface area contributed by atoms with Crippen molar-refractivity contribution in [1.29, 1.82) is 0 Å². The van der Waals surface area contributed by atoms with Crippen LogP contribution in [0.3, 0.4) is 0 Å². The van der Waals surface area contributed by atoms with Gasteiger partial charge in [-0.05, 0) is 41.7 Å². The van der Waals surface area contributed by atoms with Gasteiger partial charge < -0.3 is 4.90 Å². The Kier molecular flexibility index (Phi) is 8.22. The molecule has 0 aliphatic heterocycles. The Morgan fingerprint density at radius 2 is 1.76 bits per heavy atom. The van der Waals surface area contributed by atoms with Gasteiger partial charge in [0.05, 0.1) is 6.54 Å². The Morgan fingerprint density at radius 3 is 2.41 bits per heavy atom. The maximum atomic E-state index is 13.6. The van der Waals surface area contributed by atoms with Crippen LogP contribution in [0.25, 0.3) is 22.5 Å². The molecule has 0 saturated carbocycles. The van der Waals surface area contributed by atoms with Crippen LogP contribution in [0.15, 0.2) is 53.3 Å². The number of amides is 1. The van der Waals surface area contributed by atoms with E-state index in [0.717, 1.165) is 47.3 Å². The van der Waals surface area contributed by atoms with E-state index < -0.39 is 0 Å². The van der Waals surface area contributed by atoms with Gasteiger partial charge in [-0.15, -0.1) is 10.2 Å². The van der Waals surface area contributed by atoms with Crippen molar-refractivity contribution in [3.8, 4) is 22.5 Å². The minimum atomic E-state index is -0.0586. The Morgan fingerprint density at radius 1 is 1.03 bits per heavy atom. The highest BCUT2D eigenvalue weighted by Crippen LogP contribution is 2.29. The Labute approximate surface area is 216 Å². The van der Waals surface area contributed by atoms with Gasteiger partial charge in [0.15, 0.2) is 0 Å². The zero-order chi connectivity index (χ0) is 26.4. The fourth-order valence-corrected chi connectivity index (χ4v) is 4.37. The quantitative estimate of drug-likeness (QED) is 0.355. The first-order chi connectivity index (χ1) is 17.9. The fraction of sp³-hybridized carbons (Fsp3) is 0.357. The molecule has 0 bridgehead atoms. The van der Waals surface area contributed by atoms with E-state index in [-0.39, 0.29) is 17.9 Å². The molecular formula is C28H33N7O2. The molecule has 4 rings (SSSR count). The van der Waals surface area contributed by atoms with Crippen molar-refractivity contribution in [2.75, 3.05) is 14.1 Å². The average molecular weight is 500 g/mol. The minimum Gasteiger partial charge on any atom is -0.349 e. The molecule has 1 amide bonds. The van der Waals surface area contributed by atoms with Gasteiger partial charge in [-0.3, -0.25) is 14.2 Å². The van der Waals surface area contributed by atoms with E-state index in [2.05, 4.69) is 27.5 Å². The summed E-state index contributed by atoms with van der Waals surface area (Å²) in [6, 6.07) is 16.1. The van der Waals surface area contributed by atoms with Gasteiger partial charge in [0, 0.05) is 43.8 Å². The number of hydrogen-bond donors (Lipinski definition) is 1. The van der Waals surface area contributed by atoms with Crippen LogP contribution in [0.4, 0.5) is 0 Å². The lowest BCUT2D eigenvalue weighted by Crippen LogP contribution is -2.31. The summed E-state index contributed by atoms with van der Waals surface area (Å²) in [4.78, 5) is 32.1. The summed E-state index contributed by atoms with van der Waals surface area (Å²) in [7, 11) is 3.45. The van der Waals surface area contributed by atoms with Gasteiger partial charge in [0.2, 0.25) is 11.7 Å². The third-order valence-electron chi connectivity index (χ3n) is 6.51. The standard InChI is InChI=1S/C28H33N7O2/c1-5-6-11-25-29-19(2)22(16-17-26(36)34(3)4)28(37)35(25)18-20-12-14-21(15-13-20)23-9-7-8-10-24(23)27-30-32-33-31-27/h7-10,12-15H,5-6,11,16-18H2,1-4H3,(H,30,31,32,33). The zero-order valence-electron chi connectivity index (χ0n) is 21.9. The van der Waals surface area contributed by atoms with Crippen molar-refractivity contribution >= 4 is 5.91 Å². The van der Waals surface area contributed by atoms with Crippen molar-refractivity contribution in [1.82, 2.24) is 35.1 Å². The van der Waals surface area contributed by atoms with Gasteiger partial charge in [-0.25, -0.2) is 4.98 Å². The molecule has 9 heteroatoms. The Hall–Kier alpha value is -4.14. The number of aromatic amines is 1. The van der Waals surface area contributed by atoms with E-state index in [1.807, 2.05) is 55.5 Å². The van der Waals surface area contributed by atoms with Crippen molar-refractivity contribution in [2.24, 2.45) is 0 Å². The lowest BCUT2D eigenvalue weighted by Gasteiger charge is -2.17. The second-order valence-electron chi connectivity index (χ2n) is 9.35. The summed E-state index contributed by atoms with van der Waals surface area (Å²) < 4.78 is 1.78. The molecule has 1 N–H and O–H groups in total. The fourth-order valence-electron chi connectivity index (χ4n) is 4.37. The number of rotatable bonds is 10. The Bertz CT molecular complexity index is 1410.